The fourth-order valence-corrected chi connectivity index (χ4v) is 3.90. The van der Waals surface area contributed by atoms with Gasteiger partial charge in [-0.15, -0.1) is 0 Å². The minimum Gasteiger partial charge on any atom is -0.507 e. The molecule has 4 aromatic rings. The molecule has 2 heterocycles. The van der Waals surface area contributed by atoms with Gasteiger partial charge in [0.15, 0.2) is 0 Å². The molecule has 0 saturated heterocycles. The highest BCUT2D eigenvalue weighted by molar-refractivity contribution is 5.83. The van der Waals surface area contributed by atoms with E-state index in [-0.39, 0.29) is 10.8 Å². The van der Waals surface area contributed by atoms with Crippen molar-refractivity contribution in [1.29, 1.82) is 0 Å². The standard InChI is InChI=1S/C24H29N3O/c1-23(2,3)16-12-15(13-17(22(16)28)24(4,5)6)18-14-21-26(7)19-10-8-9-11-20(19)27(21)25-18/h8-14,28H,1-7H3. The highest BCUT2D eigenvalue weighted by Crippen LogP contribution is 2.42. The van der Waals surface area contributed by atoms with Crippen LogP contribution in [-0.2, 0) is 17.9 Å². The first-order valence-electron chi connectivity index (χ1n) is 9.80. The van der Waals surface area contributed by atoms with Crippen LogP contribution in [0.2, 0.25) is 0 Å². The van der Waals surface area contributed by atoms with E-state index < -0.39 is 0 Å². The molecule has 0 fully saturated rings. The molecule has 0 unspecified atom stereocenters. The Morgan fingerprint density at radius 3 is 1.89 bits per heavy atom. The number of aromatic nitrogens is 3. The second-order valence-electron chi connectivity index (χ2n) is 9.77. The van der Waals surface area contributed by atoms with Crippen LogP contribution in [0.1, 0.15) is 52.7 Å². The zero-order valence-electron chi connectivity index (χ0n) is 17.8. The van der Waals surface area contributed by atoms with Crippen LogP contribution in [0.5, 0.6) is 5.75 Å². The van der Waals surface area contributed by atoms with Gasteiger partial charge in [0.25, 0.3) is 0 Å². The van der Waals surface area contributed by atoms with E-state index in [1.54, 1.807) is 0 Å². The average molecular weight is 376 g/mol. The number of para-hydroxylation sites is 2. The Kier molecular flexibility index (Phi) is 3.90. The number of aryl methyl sites for hydroxylation is 1. The van der Waals surface area contributed by atoms with Crippen molar-refractivity contribution in [2.45, 2.75) is 52.4 Å². The quantitative estimate of drug-likeness (QED) is 0.457. The van der Waals surface area contributed by atoms with Crippen LogP contribution in [0.4, 0.5) is 0 Å². The van der Waals surface area contributed by atoms with Crippen molar-refractivity contribution in [2.75, 3.05) is 0 Å². The van der Waals surface area contributed by atoms with Gasteiger partial charge in [-0.1, -0.05) is 53.7 Å². The van der Waals surface area contributed by atoms with Crippen LogP contribution in [0.3, 0.4) is 0 Å². The Morgan fingerprint density at radius 2 is 1.36 bits per heavy atom. The number of rotatable bonds is 1. The Balaban J connectivity index is 2.00. The van der Waals surface area contributed by atoms with Crippen molar-refractivity contribution >= 4 is 16.7 Å². The van der Waals surface area contributed by atoms with Gasteiger partial charge in [-0.25, -0.2) is 4.52 Å². The molecular formula is C24H29N3O. The lowest BCUT2D eigenvalue weighted by Crippen LogP contribution is -2.17. The summed E-state index contributed by atoms with van der Waals surface area (Å²) in [5, 5.41) is 15.9. The predicted molar refractivity (Wildman–Crippen MR) is 116 cm³/mol. The summed E-state index contributed by atoms with van der Waals surface area (Å²) in [6.07, 6.45) is 0. The van der Waals surface area contributed by atoms with E-state index in [0.29, 0.717) is 5.75 Å². The Labute approximate surface area is 166 Å². The number of phenolic OH excluding ortho intramolecular Hbond substituents is 1. The van der Waals surface area contributed by atoms with Crippen molar-refractivity contribution in [1.82, 2.24) is 14.2 Å². The summed E-state index contributed by atoms with van der Waals surface area (Å²) < 4.78 is 4.17. The Morgan fingerprint density at radius 1 is 0.821 bits per heavy atom. The molecule has 0 saturated carbocycles. The molecule has 2 aromatic heterocycles. The van der Waals surface area contributed by atoms with Crippen molar-refractivity contribution in [3.63, 3.8) is 0 Å². The third-order valence-corrected chi connectivity index (χ3v) is 5.53. The van der Waals surface area contributed by atoms with Gasteiger partial charge in [0, 0.05) is 29.8 Å². The maximum Gasteiger partial charge on any atom is 0.137 e. The minimum atomic E-state index is -0.161. The predicted octanol–water partition coefficient (Wildman–Crippen LogP) is 5.79. The first-order chi connectivity index (χ1) is 13.0. The van der Waals surface area contributed by atoms with E-state index in [4.69, 9.17) is 5.10 Å². The second kappa shape index (κ2) is 5.87. The first kappa shape index (κ1) is 18.6. The maximum absolute atomic E-state index is 11.0. The SMILES string of the molecule is Cn1c2ccccc2n2nc(-c3cc(C(C)(C)C)c(O)c(C(C)(C)C)c3)cc12. The van der Waals surface area contributed by atoms with Crippen LogP contribution in [0.15, 0.2) is 42.5 Å². The number of hydrogen-bond donors (Lipinski definition) is 1. The Hall–Kier alpha value is -2.75. The third kappa shape index (κ3) is 2.79. The fourth-order valence-electron chi connectivity index (χ4n) is 3.90. The van der Waals surface area contributed by atoms with E-state index in [0.717, 1.165) is 39.1 Å². The number of nitrogens with zero attached hydrogens (tertiary/aromatic N) is 3. The van der Waals surface area contributed by atoms with Gasteiger partial charge >= 0.3 is 0 Å². The van der Waals surface area contributed by atoms with Crippen LogP contribution in [0, 0.1) is 0 Å². The van der Waals surface area contributed by atoms with Gasteiger partial charge in [-0.05, 0) is 35.1 Å². The molecule has 1 N–H and O–H groups in total. The summed E-state index contributed by atoms with van der Waals surface area (Å²) in [5.41, 5.74) is 6.86. The van der Waals surface area contributed by atoms with Gasteiger partial charge in [0.1, 0.15) is 11.4 Å². The summed E-state index contributed by atoms with van der Waals surface area (Å²) in [4.78, 5) is 0. The Bertz CT molecular complexity index is 1160. The lowest BCUT2D eigenvalue weighted by Gasteiger charge is -2.28. The van der Waals surface area contributed by atoms with E-state index in [2.05, 4.69) is 83.5 Å². The summed E-state index contributed by atoms with van der Waals surface area (Å²) >= 11 is 0. The molecule has 0 radical (unpaired) electrons. The molecule has 4 nitrogen and oxygen atoms in total. The largest absolute Gasteiger partial charge is 0.507 e. The fraction of sp³-hybridized carbons (Fsp3) is 0.375. The van der Waals surface area contributed by atoms with E-state index in [1.165, 1.54) is 0 Å². The molecule has 0 amide bonds. The molecule has 0 aliphatic rings. The smallest absolute Gasteiger partial charge is 0.137 e. The molecule has 146 valence electrons. The third-order valence-electron chi connectivity index (χ3n) is 5.53. The molecule has 4 rings (SSSR count). The van der Waals surface area contributed by atoms with Gasteiger partial charge in [-0.3, -0.25) is 0 Å². The lowest BCUT2D eigenvalue weighted by atomic mass is 9.78. The number of imidazole rings is 1. The molecule has 0 spiro atoms. The van der Waals surface area contributed by atoms with Crippen LogP contribution in [0.25, 0.3) is 27.9 Å². The topological polar surface area (TPSA) is 42.5 Å². The summed E-state index contributed by atoms with van der Waals surface area (Å²) in [6, 6.07) is 14.6. The van der Waals surface area contributed by atoms with Gasteiger partial charge in [0.2, 0.25) is 0 Å². The molecule has 2 aromatic carbocycles. The zero-order valence-corrected chi connectivity index (χ0v) is 17.8. The number of benzene rings is 2. The number of aromatic hydroxyl groups is 1. The number of phenols is 1. The highest BCUT2D eigenvalue weighted by atomic mass is 16.3. The van der Waals surface area contributed by atoms with Gasteiger partial charge < -0.3 is 9.67 Å². The van der Waals surface area contributed by atoms with Crippen molar-refractivity contribution in [3.05, 3.63) is 53.6 Å². The molecule has 4 heteroatoms. The van der Waals surface area contributed by atoms with Crippen molar-refractivity contribution < 1.29 is 5.11 Å². The van der Waals surface area contributed by atoms with E-state index >= 15 is 0 Å². The van der Waals surface area contributed by atoms with Gasteiger partial charge in [-0.2, -0.15) is 5.10 Å². The van der Waals surface area contributed by atoms with Crippen LogP contribution >= 0.6 is 0 Å². The highest BCUT2D eigenvalue weighted by Gasteiger charge is 2.27. The monoisotopic (exact) mass is 375 g/mol. The number of fused-ring (bicyclic) bond motifs is 3. The lowest BCUT2D eigenvalue weighted by molar-refractivity contribution is 0.423. The minimum absolute atomic E-state index is 0.161. The average Bonchev–Trinajstić information content (AvgIpc) is 3.13. The van der Waals surface area contributed by atoms with Crippen molar-refractivity contribution in [3.8, 4) is 17.0 Å². The first-order valence-corrected chi connectivity index (χ1v) is 9.80. The molecule has 0 atom stereocenters. The second-order valence-corrected chi connectivity index (χ2v) is 9.77. The van der Waals surface area contributed by atoms with E-state index in [9.17, 15) is 5.11 Å². The summed E-state index contributed by atoms with van der Waals surface area (Å²) in [5.74, 6) is 0.401. The summed E-state index contributed by atoms with van der Waals surface area (Å²) in [6.45, 7) is 12.8. The summed E-state index contributed by atoms with van der Waals surface area (Å²) in [7, 11) is 2.07. The molecule has 28 heavy (non-hydrogen) atoms. The molecular weight excluding hydrogens is 346 g/mol. The normalized spacial score (nSPS) is 13.0. The van der Waals surface area contributed by atoms with E-state index in [1.807, 2.05) is 16.6 Å². The maximum atomic E-state index is 11.0. The number of hydrogen-bond acceptors (Lipinski definition) is 2. The molecule has 0 aliphatic heterocycles. The molecule has 0 bridgehead atoms. The van der Waals surface area contributed by atoms with Gasteiger partial charge in [0.05, 0.1) is 16.7 Å². The van der Waals surface area contributed by atoms with Crippen LogP contribution < -0.4 is 0 Å². The zero-order chi connectivity index (χ0) is 20.4. The van der Waals surface area contributed by atoms with Crippen LogP contribution in [-0.4, -0.2) is 19.3 Å². The van der Waals surface area contributed by atoms with Crippen molar-refractivity contribution in [2.24, 2.45) is 7.05 Å². The molecule has 0 aliphatic carbocycles.